The largest absolute Gasteiger partial charge is 0.365 e. The van der Waals surface area contributed by atoms with Crippen molar-refractivity contribution in [3.8, 4) is 0 Å². The van der Waals surface area contributed by atoms with Crippen LogP contribution in [-0.4, -0.2) is 16.1 Å². The number of anilines is 2. The summed E-state index contributed by atoms with van der Waals surface area (Å²) in [5.74, 6) is 0.971. The average Bonchev–Trinajstić information content (AvgIpc) is 2.37. The van der Waals surface area contributed by atoms with Crippen LogP contribution in [0.1, 0.15) is 18.1 Å². The van der Waals surface area contributed by atoms with Crippen LogP contribution in [-0.2, 0) is 11.3 Å². The smallest absolute Gasteiger partial charge is 0.222 e. The van der Waals surface area contributed by atoms with Crippen molar-refractivity contribution in [3.05, 3.63) is 47.5 Å². The van der Waals surface area contributed by atoms with Gasteiger partial charge in [0.2, 0.25) is 5.91 Å². The van der Waals surface area contributed by atoms with E-state index in [1.54, 1.807) is 12.1 Å². The van der Waals surface area contributed by atoms with Gasteiger partial charge in [0.15, 0.2) is 5.82 Å². The topological polar surface area (TPSA) is 66.9 Å². The van der Waals surface area contributed by atoms with Gasteiger partial charge >= 0.3 is 0 Å². The van der Waals surface area contributed by atoms with Gasteiger partial charge in [0.25, 0.3) is 0 Å². The number of amides is 1. The van der Waals surface area contributed by atoms with Gasteiger partial charge in [0, 0.05) is 13.5 Å². The highest BCUT2D eigenvalue weighted by Crippen LogP contribution is 2.09. The summed E-state index contributed by atoms with van der Waals surface area (Å²) in [6, 6.07) is 11.8. The predicted octanol–water partition coefficient (Wildman–Crippen LogP) is 2.36. The van der Waals surface area contributed by atoms with E-state index in [-0.39, 0.29) is 5.91 Å². The molecule has 0 radical (unpaired) electrons. The fourth-order valence-electron chi connectivity index (χ4n) is 1.69. The SMILES string of the molecule is CC(=O)Nc1ccc(NCc2cccc(C)c2)nn1. The van der Waals surface area contributed by atoms with E-state index < -0.39 is 0 Å². The predicted molar refractivity (Wildman–Crippen MR) is 74.8 cm³/mol. The molecule has 2 N–H and O–H groups in total. The molecular formula is C14H16N4O. The Balaban J connectivity index is 1.94. The molecule has 0 aliphatic heterocycles. The van der Waals surface area contributed by atoms with E-state index in [4.69, 9.17) is 0 Å². The Hall–Kier alpha value is -2.43. The lowest BCUT2D eigenvalue weighted by molar-refractivity contribution is -0.114. The number of hydrogen-bond acceptors (Lipinski definition) is 4. The summed E-state index contributed by atoms with van der Waals surface area (Å²) in [5, 5.41) is 13.7. The Morgan fingerprint density at radius 2 is 1.89 bits per heavy atom. The third kappa shape index (κ3) is 4.06. The maximum atomic E-state index is 10.8. The first kappa shape index (κ1) is 13.0. The van der Waals surface area contributed by atoms with Crippen molar-refractivity contribution < 1.29 is 4.79 Å². The van der Waals surface area contributed by atoms with Gasteiger partial charge in [0.1, 0.15) is 5.82 Å². The molecule has 0 bridgehead atoms. The zero-order valence-electron chi connectivity index (χ0n) is 11.0. The summed E-state index contributed by atoms with van der Waals surface area (Å²) in [6.45, 7) is 4.19. The van der Waals surface area contributed by atoms with Crippen LogP contribution in [0.5, 0.6) is 0 Å². The number of nitrogens with one attached hydrogen (secondary N) is 2. The van der Waals surface area contributed by atoms with Gasteiger partial charge < -0.3 is 10.6 Å². The van der Waals surface area contributed by atoms with Crippen LogP contribution < -0.4 is 10.6 Å². The van der Waals surface area contributed by atoms with Crippen molar-refractivity contribution >= 4 is 17.5 Å². The van der Waals surface area contributed by atoms with Crippen molar-refractivity contribution in [1.29, 1.82) is 0 Å². The molecule has 0 saturated carbocycles. The van der Waals surface area contributed by atoms with E-state index in [1.807, 2.05) is 6.07 Å². The third-order valence-corrected chi connectivity index (χ3v) is 2.52. The van der Waals surface area contributed by atoms with Gasteiger partial charge in [-0.15, -0.1) is 10.2 Å². The molecule has 0 aliphatic rings. The maximum absolute atomic E-state index is 10.8. The van der Waals surface area contributed by atoms with Gasteiger partial charge in [-0.2, -0.15) is 0 Å². The van der Waals surface area contributed by atoms with Gasteiger partial charge in [-0.3, -0.25) is 4.79 Å². The fourth-order valence-corrected chi connectivity index (χ4v) is 1.69. The summed E-state index contributed by atoms with van der Waals surface area (Å²) in [7, 11) is 0. The van der Waals surface area contributed by atoms with Crippen LogP contribution in [0.25, 0.3) is 0 Å². The number of carbonyl (C=O) groups excluding carboxylic acids is 1. The highest BCUT2D eigenvalue weighted by Gasteiger charge is 1.99. The highest BCUT2D eigenvalue weighted by atomic mass is 16.1. The maximum Gasteiger partial charge on any atom is 0.222 e. The summed E-state index contributed by atoms with van der Waals surface area (Å²) in [4.78, 5) is 10.8. The molecule has 5 heteroatoms. The van der Waals surface area contributed by atoms with E-state index in [1.165, 1.54) is 18.1 Å². The average molecular weight is 256 g/mol. The molecule has 0 unspecified atom stereocenters. The van der Waals surface area contributed by atoms with Crippen molar-refractivity contribution in [1.82, 2.24) is 10.2 Å². The molecule has 0 fully saturated rings. The number of aryl methyl sites for hydroxylation is 1. The van der Waals surface area contributed by atoms with Crippen LogP contribution >= 0.6 is 0 Å². The zero-order valence-corrected chi connectivity index (χ0v) is 11.0. The molecule has 5 nitrogen and oxygen atoms in total. The second-order valence-electron chi connectivity index (χ2n) is 4.33. The summed E-state index contributed by atoms with van der Waals surface area (Å²) >= 11 is 0. The Labute approximate surface area is 112 Å². The number of carbonyl (C=O) groups is 1. The van der Waals surface area contributed by atoms with Crippen LogP contribution in [0.2, 0.25) is 0 Å². The Kier molecular flexibility index (Phi) is 4.07. The molecule has 0 spiro atoms. The summed E-state index contributed by atoms with van der Waals surface area (Å²) in [6.07, 6.45) is 0. The van der Waals surface area contributed by atoms with E-state index >= 15 is 0 Å². The number of nitrogens with zero attached hydrogens (tertiary/aromatic N) is 2. The van der Waals surface area contributed by atoms with E-state index in [0.29, 0.717) is 18.2 Å². The first-order valence-electron chi connectivity index (χ1n) is 6.04. The number of aromatic nitrogens is 2. The molecule has 0 aliphatic carbocycles. The monoisotopic (exact) mass is 256 g/mol. The lowest BCUT2D eigenvalue weighted by Crippen LogP contribution is -2.09. The fraction of sp³-hybridized carbons (Fsp3) is 0.214. The molecule has 2 aromatic rings. The molecule has 1 aromatic heterocycles. The highest BCUT2D eigenvalue weighted by molar-refractivity contribution is 5.87. The van der Waals surface area contributed by atoms with Crippen molar-refractivity contribution in [3.63, 3.8) is 0 Å². The number of hydrogen-bond donors (Lipinski definition) is 2. The summed E-state index contributed by atoms with van der Waals surface area (Å²) in [5.41, 5.74) is 2.42. The van der Waals surface area contributed by atoms with E-state index in [9.17, 15) is 4.79 Å². The molecule has 1 amide bonds. The molecular weight excluding hydrogens is 240 g/mol. The van der Waals surface area contributed by atoms with Gasteiger partial charge in [0.05, 0.1) is 0 Å². The molecule has 1 aromatic carbocycles. The van der Waals surface area contributed by atoms with Crippen LogP contribution in [0, 0.1) is 6.92 Å². The lowest BCUT2D eigenvalue weighted by Gasteiger charge is -2.06. The Morgan fingerprint density at radius 3 is 2.53 bits per heavy atom. The number of rotatable bonds is 4. The zero-order chi connectivity index (χ0) is 13.7. The minimum Gasteiger partial charge on any atom is -0.365 e. The first-order valence-corrected chi connectivity index (χ1v) is 6.04. The Morgan fingerprint density at radius 1 is 1.16 bits per heavy atom. The second kappa shape index (κ2) is 5.95. The van der Waals surface area contributed by atoms with E-state index in [0.717, 1.165) is 0 Å². The minimum atomic E-state index is -0.158. The van der Waals surface area contributed by atoms with Crippen molar-refractivity contribution in [2.45, 2.75) is 20.4 Å². The quantitative estimate of drug-likeness (QED) is 0.881. The molecule has 2 rings (SSSR count). The van der Waals surface area contributed by atoms with Crippen LogP contribution in [0.3, 0.4) is 0 Å². The lowest BCUT2D eigenvalue weighted by atomic mass is 10.1. The normalized spacial score (nSPS) is 10.0. The van der Waals surface area contributed by atoms with Crippen LogP contribution in [0.15, 0.2) is 36.4 Å². The molecule has 19 heavy (non-hydrogen) atoms. The van der Waals surface area contributed by atoms with Crippen LogP contribution in [0.4, 0.5) is 11.6 Å². The minimum absolute atomic E-state index is 0.158. The standard InChI is InChI=1S/C14H16N4O/c1-10-4-3-5-12(8-10)9-15-13-6-7-14(18-17-13)16-11(2)19/h3-8H,9H2,1-2H3,(H,15,17)(H,16,18,19). The first-order chi connectivity index (χ1) is 9.13. The van der Waals surface area contributed by atoms with E-state index in [2.05, 4.69) is 46.0 Å². The van der Waals surface area contributed by atoms with Gasteiger partial charge in [-0.05, 0) is 24.6 Å². The Bertz CT molecular complexity index is 566. The van der Waals surface area contributed by atoms with Gasteiger partial charge in [-0.25, -0.2) is 0 Å². The molecule has 1 heterocycles. The molecule has 0 atom stereocenters. The number of benzene rings is 1. The van der Waals surface area contributed by atoms with Gasteiger partial charge in [-0.1, -0.05) is 29.8 Å². The van der Waals surface area contributed by atoms with Crippen molar-refractivity contribution in [2.75, 3.05) is 10.6 Å². The second-order valence-corrected chi connectivity index (χ2v) is 4.33. The van der Waals surface area contributed by atoms with Crippen molar-refractivity contribution in [2.24, 2.45) is 0 Å². The third-order valence-electron chi connectivity index (χ3n) is 2.52. The summed E-state index contributed by atoms with van der Waals surface area (Å²) < 4.78 is 0. The molecule has 0 saturated heterocycles. The molecule has 98 valence electrons.